The van der Waals surface area contributed by atoms with Crippen molar-refractivity contribution in [3.63, 3.8) is 0 Å². The zero-order chi connectivity index (χ0) is 13.0. The summed E-state index contributed by atoms with van der Waals surface area (Å²) in [6, 6.07) is 0.860. The summed E-state index contributed by atoms with van der Waals surface area (Å²) in [7, 11) is 0. The predicted molar refractivity (Wildman–Crippen MR) is 62.1 cm³/mol. The molecule has 1 amide bonds. The van der Waals surface area contributed by atoms with Gasteiger partial charge in [0.25, 0.3) is 0 Å². The molecule has 0 aromatic heterocycles. The van der Waals surface area contributed by atoms with E-state index >= 15 is 0 Å². The molecule has 7 heteroatoms. The molecule has 0 aliphatic heterocycles. The Labute approximate surface area is 107 Å². The average molecular weight is 280 g/mol. The van der Waals surface area contributed by atoms with Crippen molar-refractivity contribution < 1.29 is 18.7 Å². The zero-order valence-electron chi connectivity index (χ0n) is 8.72. The van der Waals surface area contributed by atoms with Gasteiger partial charge in [-0.3, -0.25) is 4.79 Å². The average Bonchev–Trinajstić information content (AvgIpc) is 2.29. The molecule has 1 rings (SSSR count). The molecule has 0 fully saturated rings. The molecule has 0 aliphatic rings. The molecule has 1 aromatic carbocycles. The Morgan fingerprint density at radius 2 is 2.18 bits per heavy atom. The monoisotopic (exact) mass is 279 g/mol. The molecule has 0 atom stereocenters. The van der Waals surface area contributed by atoms with Crippen molar-refractivity contribution in [2.75, 3.05) is 11.9 Å². The number of carbonyl (C=O) groups is 2. The quantitative estimate of drug-likeness (QED) is 0.524. The summed E-state index contributed by atoms with van der Waals surface area (Å²) in [5.41, 5.74) is -0.355. The first-order chi connectivity index (χ1) is 8.02. The van der Waals surface area contributed by atoms with Gasteiger partial charge in [0.15, 0.2) is 0 Å². The van der Waals surface area contributed by atoms with E-state index in [9.17, 15) is 14.0 Å². The van der Waals surface area contributed by atoms with Crippen LogP contribution in [0.25, 0.3) is 0 Å². The number of halogens is 3. The van der Waals surface area contributed by atoms with Crippen molar-refractivity contribution in [3.05, 3.63) is 27.5 Å². The number of rotatable bonds is 4. The number of benzene rings is 1. The number of hydrogen-bond donors (Lipinski definition) is 1. The maximum Gasteiger partial charge on any atom is 0.339 e. The van der Waals surface area contributed by atoms with Gasteiger partial charge in [0.2, 0.25) is 6.41 Å². The van der Waals surface area contributed by atoms with Crippen LogP contribution < -0.4 is 5.32 Å². The van der Waals surface area contributed by atoms with Crippen LogP contribution in [0.5, 0.6) is 0 Å². The van der Waals surface area contributed by atoms with Crippen molar-refractivity contribution >= 4 is 41.3 Å². The second kappa shape index (κ2) is 5.84. The highest BCUT2D eigenvalue weighted by Crippen LogP contribution is 2.35. The van der Waals surface area contributed by atoms with Crippen LogP contribution in [0.4, 0.5) is 10.1 Å². The van der Waals surface area contributed by atoms with Crippen molar-refractivity contribution in [3.8, 4) is 0 Å². The first kappa shape index (κ1) is 13.7. The van der Waals surface area contributed by atoms with Gasteiger partial charge in [0.05, 0.1) is 22.9 Å². The topological polar surface area (TPSA) is 55.4 Å². The van der Waals surface area contributed by atoms with Gasteiger partial charge in [-0.25, -0.2) is 9.18 Å². The molecule has 1 aromatic rings. The molecule has 0 unspecified atom stereocenters. The van der Waals surface area contributed by atoms with Crippen LogP contribution in [0.15, 0.2) is 6.07 Å². The van der Waals surface area contributed by atoms with E-state index < -0.39 is 11.8 Å². The summed E-state index contributed by atoms with van der Waals surface area (Å²) in [6.45, 7) is 1.72. The molecular weight excluding hydrogens is 272 g/mol. The van der Waals surface area contributed by atoms with Crippen LogP contribution >= 0.6 is 23.2 Å². The maximum atomic E-state index is 13.4. The molecular formula is C10H8Cl2FNO3. The number of ether oxygens (including phenoxy) is 1. The van der Waals surface area contributed by atoms with E-state index in [1.54, 1.807) is 6.92 Å². The van der Waals surface area contributed by atoms with Gasteiger partial charge >= 0.3 is 5.97 Å². The Hall–Kier alpha value is -1.33. The number of nitrogens with one attached hydrogen (secondary N) is 1. The molecule has 92 valence electrons. The third kappa shape index (κ3) is 2.87. The molecule has 4 nitrogen and oxygen atoms in total. The Bertz CT molecular complexity index is 465. The minimum atomic E-state index is -0.872. The molecule has 0 saturated heterocycles. The predicted octanol–water partition coefficient (Wildman–Crippen LogP) is 2.88. The third-order valence-corrected chi connectivity index (χ3v) is 2.62. The van der Waals surface area contributed by atoms with Crippen molar-refractivity contribution in [1.29, 1.82) is 0 Å². The molecule has 1 N–H and O–H groups in total. The van der Waals surface area contributed by atoms with E-state index in [0.717, 1.165) is 6.07 Å². The summed E-state index contributed by atoms with van der Waals surface area (Å²) < 4.78 is 18.1. The summed E-state index contributed by atoms with van der Waals surface area (Å²) in [5, 5.41) is 1.60. The van der Waals surface area contributed by atoms with E-state index in [0.29, 0.717) is 0 Å². The lowest BCUT2D eigenvalue weighted by Gasteiger charge is -2.10. The van der Waals surface area contributed by atoms with Gasteiger partial charge in [-0.05, 0) is 13.0 Å². The second-order valence-electron chi connectivity index (χ2n) is 2.89. The molecule has 17 heavy (non-hydrogen) atoms. The number of esters is 1. The summed E-state index contributed by atoms with van der Waals surface area (Å²) >= 11 is 11.4. The van der Waals surface area contributed by atoms with Gasteiger partial charge in [0, 0.05) is 0 Å². The van der Waals surface area contributed by atoms with Gasteiger partial charge in [0.1, 0.15) is 10.8 Å². The highest BCUT2D eigenvalue weighted by molar-refractivity contribution is 6.41. The normalized spacial score (nSPS) is 9.88. The molecule has 0 bridgehead atoms. The smallest absolute Gasteiger partial charge is 0.339 e. The fourth-order valence-electron chi connectivity index (χ4n) is 1.15. The Balaban J connectivity index is 3.33. The fourth-order valence-corrected chi connectivity index (χ4v) is 1.68. The lowest BCUT2D eigenvalue weighted by Crippen LogP contribution is -2.08. The first-order valence-electron chi connectivity index (χ1n) is 4.57. The SMILES string of the molecule is CCOC(=O)c1cc(F)c(Cl)c(NC=O)c1Cl. The number of amides is 1. The number of carbonyl (C=O) groups excluding carboxylic acids is 2. The first-order valence-corrected chi connectivity index (χ1v) is 5.33. The van der Waals surface area contributed by atoms with Gasteiger partial charge in [-0.1, -0.05) is 23.2 Å². The molecule has 0 aliphatic carbocycles. The van der Waals surface area contributed by atoms with E-state index in [4.69, 9.17) is 23.2 Å². The molecule has 0 spiro atoms. The largest absolute Gasteiger partial charge is 0.462 e. The minimum Gasteiger partial charge on any atom is -0.462 e. The standard InChI is InChI=1S/C10H8Cl2FNO3/c1-2-17-10(16)5-3-6(13)8(12)9(7(5)11)14-4-15/h3-4H,2H2,1H3,(H,14,15). The van der Waals surface area contributed by atoms with Gasteiger partial charge in [-0.2, -0.15) is 0 Å². The maximum absolute atomic E-state index is 13.4. The second-order valence-corrected chi connectivity index (χ2v) is 3.65. The van der Waals surface area contributed by atoms with Crippen molar-refractivity contribution in [2.24, 2.45) is 0 Å². The van der Waals surface area contributed by atoms with E-state index in [-0.39, 0.29) is 34.3 Å². The third-order valence-electron chi connectivity index (χ3n) is 1.85. The molecule has 0 saturated carbocycles. The Morgan fingerprint density at radius 1 is 1.53 bits per heavy atom. The zero-order valence-corrected chi connectivity index (χ0v) is 10.2. The highest BCUT2D eigenvalue weighted by Gasteiger charge is 2.20. The Morgan fingerprint density at radius 3 is 2.71 bits per heavy atom. The fraction of sp³-hybridized carbons (Fsp3) is 0.200. The lowest BCUT2D eigenvalue weighted by molar-refractivity contribution is -0.105. The van der Waals surface area contributed by atoms with Gasteiger partial charge in [-0.15, -0.1) is 0 Å². The van der Waals surface area contributed by atoms with E-state index in [1.807, 2.05) is 0 Å². The number of hydrogen-bond acceptors (Lipinski definition) is 3. The van der Waals surface area contributed by atoms with Crippen LogP contribution in [0.2, 0.25) is 10.0 Å². The van der Waals surface area contributed by atoms with E-state index in [1.165, 1.54) is 0 Å². The summed E-state index contributed by atoms with van der Waals surface area (Å²) in [4.78, 5) is 21.8. The number of anilines is 1. The van der Waals surface area contributed by atoms with Crippen LogP contribution in [-0.2, 0) is 9.53 Å². The molecule has 0 heterocycles. The Kier molecular flexibility index (Phi) is 4.72. The van der Waals surface area contributed by atoms with Gasteiger partial charge < -0.3 is 10.1 Å². The van der Waals surface area contributed by atoms with Crippen molar-refractivity contribution in [2.45, 2.75) is 6.92 Å². The molecule has 0 radical (unpaired) electrons. The van der Waals surface area contributed by atoms with Crippen LogP contribution in [0.1, 0.15) is 17.3 Å². The lowest BCUT2D eigenvalue weighted by atomic mass is 10.2. The minimum absolute atomic E-state index is 0.121. The summed E-state index contributed by atoms with van der Waals surface area (Å²) in [5.74, 6) is -1.66. The summed E-state index contributed by atoms with van der Waals surface area (Å²) in [6.07, 6.45) is 0.279. The van der Waals surface area contributed by atoms with Crippen LogP contribution in [0, 0.1) is 5.82 Å². The van der Waals surface area contributed by atoms with Crippen LogP contribution in [-0.4, -0.2) is 19.0 Å². The highest BCUT2D eigenvalue weighted by atomic mass is 35.5. The van der Waals surface area contributed by atoms with Crippen LogP contribution in [0.3, 0.4) is 0 Å². The van der Waals surface area contributed by atoms with E-state index in [2.05, 4.69) is 10.1 Å². The van der Waals surface area contributed by atoms with Crippen molar-refractivity contribution in [1.82, 2.24) is 0 Å².